The lowest BCUT2D eigenvalue weighted by molar-refractivity contribution is -0.141. The summed E-state index contributed by atoms with van der Waals surface area (Å²) in [5.41, 5.74) is 0.380. The number of hydrogen-bond acceptors (Lipinski definition) is 3. The van der Waals surface area contributed by atoms with Gasteiger partial charge in [0.25, 0.3) is 0 Å². The Labute approximate surface area is 128 Å². The summed E-state index contributed by atoms with van der Waals surface area (Å²) in [6.07, 6.45) is -0.807. The van der Waals surface area contributed by atoms with E-state index in [4.69, 9.17) is 16.7 Å². The smallest absolute Gasteiger partial charge is 0.326 e. The van der Waals surface area contributed by atoms with Gasteiger partial charge in [-0.2, -0.15) is 0 Å². The molecule has 6 nitrogen and oxygen atoms in total. The average Bonchev–Trinajstić information content (AvgIpc) is 2.75. The molecule has 20 heavy (non-hydrogen) atoms. The molecule has 0 radical (unpaired) electrons. The van der Waals surface area contributed by atoms with Gasteiger partial charge in [0, 0.05) is 17.4 Å². The van der Waals surface area contributed by atoms with Crippen molar-refractivity contribution >= 4 is 45.2 Å². The summed E-state index contributed by atoms with van der Waals surface area (Å²) >= 11 is 9.23. The van der Waals surface area contributed by atoms with Crippen LogP contribution in [0.2, 0.25) is 5.02 Å². The van der Waals surface area contributed by atoms with Gasteiger partial charge in [0.05, 0.1) is 16.8 Å². The Kier molecular flexibility index (Phi) is 4.52. The third-order valence-corrected chi connectivity index (χ3v) is 3.80. The molecule has 0 aromatic heterocycles. The Balaban J connectivity index is 2.13. The van der Waals surface area contributed by atoms with Crippen LogP contribution in [0, 0.1) is 0 Å². The fourth-order valence-corrected chi connectivity index (χ4v) is 2.77. The molecule has 2 atom stereocenters. The van der Waals surface area contributed by atoms with Gasteiger partial charge < -0.3 is 20.4 Å². The van der Waals surface area contributed by atoms with Crippen LogP contribution in [0.5, 0.6) is 0 Å². The van der Waals surface area contributed by atoms with Crippen molar-refractivity contribution in [1.82, 2.24) is 4.90 Å². The van der Waals surface area contributed by atoms with Crippen LogP contribution in [-0.4, -0.2) is 45.8 Å². The van der Waals surface area contributed by atoms with Gasteiger partial charge in [0.15, 0.2) is 0 Å². The van der Waals surface area contributed by atoms with Crippen molar-refractivity contribution < 1.29 is 19.8 Å². The largest absolute Gasteiger partial charge is 0.480 e. The molecule has 1 aromatic carbocycles. The lowest BCUT2D eigenvalue weighted by atomic mass is 10.2. The second-order valence-corrected chi connectivity index (χ2v) is 5.77. The van der Waals surface area contributed by atoms with Gasteiger partial charge in [-0.1, -0.05) is 27.5 Å². The number of nitrogens with one attached hydrogen (secondary N) is 1. The van der Waals surface area contributed by atoms with Crippen LogP contribution in [-0.2, 0) is 4.79 Å². The highest BCUT2D eigenvalue weighted by Gasteiger charge is 2.39. The second-order valence-electron chi connectivity index (χ2n) is 4.45. The fourth-order valence-electron chi connectivity index (χ4n) is 2.05. The number of amides is 2. The first kappa shape index (κ1) is 15.1. The van der Waals surface area contributed by atoms with Crippen molar-refractivity contribution in [2.24, 2.45) is 0 Å². The van der Waals surface area contributed by atoms with Crippen molar-refractivity contribution in [1.29, 1.82) is 0 Å². The van der Waals surface area contributed by atoms with Gasteiger partial charge in [-0.15, -0.1) is 0 Å². The average molecular weight is 364 g/mol. The van der Waals surface area contributed by atoms with Crippen LogP contribution >= 0.6 is 27.5 Å². The maximum Gasteiger partial charge on any atom is 0.326 e. The van der Waals surface area contributed by atoms with Crippen molar-refractivity contribution in [2.45, 2.75) is 18.6 Å². The summed E-state index contributed by atoms with van der Waals surface area (Å²) in [6.45, 7) is -0.0169. The number of carbonyl (C=O) groups is 2. The molecule has 2 amide bonds. The molecule has 3 N–H and O–H groups in total. The standard InChI is InChI=1S/C12H12BrClN2O4/c13-6-1-2-9(8(14)3-6)15-12(20)16-5-7(17)4-10(16)11(18)19/h1-3,7,10,17H,4-5H2,(H,15,20)(H,18,19)/t7?,10-/m0/s1. The number of carboxylic acid groups (broad SMARTS) is 1. The molecule has 0 bridgehead atoms. The number of carboxylic acids is 1. The number of carbonyl (C=O) groups excluding carboxylic acids is 1. The Hall–Kier alpha value is -1.31. The Morgan fingerprint density at radius 3 is 2.75 bits per heavy atom. The summed E-state index contributed by atoms with van der Waals surface area (Å²) in [5, 5.41) is 21.4. The number of halogens is 2. The first-order chi connectivity index (χ1) is 9.38. The van der Waals surface area contributed by atoms with Gasteiger partial charge in [-0.25, -0.2) is 9.59 Å². The molecule has 1 fully saturated rings. The first-order valence-electron chi connectivity index (χ1n) is 5.82. The number of anilines is 1. The van der Waals surface area contributed by atoms with Crippen molar-refractivity contribution in [3.05, 3.63) is 27.7 Å². The minimum atomic E-state index is -1.14. The number of nitrogens with zero attached hydrogens (tertiary/aromatic N) is 1. The van der Waals surface area contributed by atoms with Crippen LogP contribution < -0.4 is 5.32 Å². The van der Waals surface area contributed by atoms with E-state index in [0.29, 0.717) is 10.7 Å². The zero-order chi connectivity index (χ0) is 14.9. The van der Waals surface area contributed by atoms with Crippen LogP contribution in [0.1, 0.15) is 6.42 Å². The van der Waals surface area contributed by atoms with E-state index >= 15 is 0 Å². The molecule has 1 unspecified atom stereocenters. The highest BCUT2D eigenvalue weighted by molar-refractivity contribution is 9.10. The van der Waals surface area contributed by atoms with E-state index in [2.05, 4.69) is 21.2 Å². The number of rotatable bonds is 2. The van der Waals surface area contributed by atoms with E-state index in [0.717, 1.165) is 9.37 Å². The summed E-state index contributed by atoms with van der Waals surface area (Å²) < 4.78 is 0.764. The van der Waals surface area contributed by atoms with Gasteiger partial charge in [0.2, 0.25) is 0 Å². The fraction of sp³-hybridized carbons (Fsp3) is 0.333. The number of aliphatic hydroxyl groups is 1. The molecule has 1 aliphatic rings. The molecule has 1 heterocycles. The van der Waals surface area contributed by atoms with E-state index in [1.54, 1.807) is 18.2 Å². The summed E-state index contributed by atoms with van der Waals surface area (Å²) in [6, 6.07) is 3.30. The lowest BCUT2D eigenvalue weighted by Crippen LogP contribution is -2.43. The predicted molar refractivity (Wildman–Crippen MR) is 76.9 cm³/mol. The summed E-state index contributed by atoms with van der Waals surface area (Å²) in [7, 11) is 0. The Morgan fingerprint density at radius 1 is 1.45 bits per heavy atom. The highest BCUT2D eigenvalue weighted by Crippen LogP contribution is 2.27. The monoisotopic (exact) mass is 362 g/mol. The van der Waals surface area contributed by atoms with E-state index in [1.165, 1.54) is 0 Å². The minimum absolute atomic E-state index is 0.0169. The first-order valence-corrected chi connectivity index (χ1v) is 6.99. The number of benzene rings is 1. The molecular formula is C12H12BrClN2O4. The zero-order valence-electron chi connectivity index (χ0n) is 10.2. The third kappa shape index (κ3) is 3.23. The van der Waals surface area contributed by atoms with Gasteiger partial charge in [-0.3, -0.25) is 0 Å². The maximum atomic E-state index is 12.1. The number of urea groups is 1. The normalized spacial score (nSPS) is 21.9. The minimum Gasteiger partial charge on any atom is -0.480 e. The van der Waals surface area contributed by atoms with Crippen molar-refractivity contribution in [3.63, 3.8) is 0 Å². The second kappa shape index (κ2) is 5.99. The van der Waals surface area contributed by atoms with Gasteiger partial charge in [-0.05, 0) is 18.2 Å². The Bertz CT molecular complexity index is 554. The molecule has 1 saturated heterocycles. The van der Waals surface area contributed by atoms with E-state index in [1.807, 2.05) is 0 Å². The number of aliphatic hydroxyl groups excluding tert-OH is 1. The SMILES string of the molecule is O=C(O)[C@@H]1CC(O)CN1C(=O)Nc1ccc(Br)cc1Cl. The molecule has 2 rings (SSSR count). The Morgan fingerprint density at radius 2 is 2.15 bits per heavy atom. The number of aliphatic carboxylic acids is 1. The maximum absolute atomic E-state index is 12.1. The van der Waals surface area contributed by atoms with E-state index in [-0.39, 0.29) is 13.0 Å². The van der Waals surface area contributed by atoms with Crippen LogP contribution in [0.15, 0.2) is 22.7 Å². The van der Waals surface area contributed by atoms with Crippen molar-refractivity contribution in [2.75, 3.05) is 11.9 Å². The van der Waals surface area contributed by atoms with Crippen LogP contribution in [0.4, 0.5) is 10.5 Å². The van der Waals surface area contributed by atoms with Crippen LogP contribution in [0.3, 0.4) is 0 Å². The quantitative estimate of drug-likeness (QED) is 0.751. The topological polar surface area (TPSA) is 89.9 Å². The van der Waals surface area contributed by atoms with Gasteiger partial charge in [0.1, 0.15) is 6.04 Å². The third-order valence-electron chi connectivity index (χ3n) is 3.00. The molecule has 0 spiro atoms. The van der Waals surface area contributed by atoms with E-state index in [9.17, 15) is 14.7 Å². The molecule has 8 heteroatoms. The summed E-state index contributed by atoms with van der Waals surface area (Å²) in [5.74, 6) is -1.14. The molecule has 1 aromatic rings. The molecule has 0 saturated carbocycles. The molecule has 1 aliphatic heterocycles. The molecule has 0 aliphatic carbocycles. The lowest BCUT2D eigenvalue weighted by Gasteiger charge is -2.21. The van der Waals surface area contributed by atoms with E-state index < -0.39 is 24.1 Å². The van der Waals surface area contributed by atoms with Crippen LogP contribution in [0.25, 0.3) is 0 Å². The van der Waals surface area contributed by atoms with Crippen molar-refractivity contribution in [3.8, 4) is 0 Å². The predicted octanol–water partition coefficient (Wildman–Crippen LogP) is 2.15. The zero-order valence-corrected chi connectivity index (χ0v) is 12.6. The highest BCUT2D eigenvalue weighted by atomic mass is 79.9. The summed E-state index contributed by atoms with van der Waals surface area (Å²) in [4.78, 5) is 24.2. The number of β-amino-alcohol motifs (C(OH)–C–C–N with tert-alkyl or cyclic N) is 1. The van der Waals surface area contributed by atoms with Gasteiger partial charge >= 0.3 is 12.0 Å². The molecule has 108 valence electrons. The number of hydrogen-bond donors (Lipinski definition) is 3. The molecular weight excluding hydrogens is 351 g/mol. The number of likely N-dealkylation sites (tertiary alicyclic amines) is 1.